The largest absolute Gasteiger partial charge is 0.385 e. The Kier molecular flexibility index (Phi) is 4.76. The maximum Gasteiger partial charge on any atom is 0.162 e. The van der Waals surface area contributed by atoms with Gasteiger partial charge in [0.2, 0.25) is 0 Å². The Hall–Kier alpha value is -2.23. The molecule has 2 aliphatic rings. The summed E-state index contributed by atoms with van der Waals surface area (Å²) in [5.74, 6) is 0.506. The fourth-order valence-electron chi connectivity index (χ4n) is 4.21. The summed E-state index contributed by atoms with van der Waals surface area (Å²) in [7, 11) is 0. The predicted octanol–water partition coefficient (Wildman–Crippen LogP) is 6.04. The number of nitrogens with two attached hydrogens (primary N) is 1. The number of anilines is 1. The van der Waals surface area contributed by atoms with Gasteiger partial charge in [-0.25, -0.2) is 0 Å². The quantitative estimate of drug-likeness (QED) is 0.653. The second kappa shape index (κ2) is 6.98. The van der Waals surface area contributed by atoms with Crippen LogP contribution in [0.25, 0.3) is 0 Å². The van der Waals surface area contributed by atoms with Crippen LogP contribution < -0.4 is 10.6 Å². The number of benzene rings is 2. The molecule has 1 unspecified atom stereocenters. The lowest BCUT2D eigenvalue weighted by Gasteiger charge is -2.43. The number of ketones is 1. The van der Waals surface area contributed by atoms with E-state index in [4.69, 9.17) is 28.9 Å². The van der Waals surface area contributed by atoms with Crippen LogP contribution >= 0.6 is 23.2 Å². The van der Waals surface area contributed by atoms with Crippen molar-refractivity contribution in [3.05, 3.63) is 87.3 Å². The Morgan fingerprint density at radius 3 is 2.39 bits per heavy atom. The van der Waals surface area contributed by atoms with Gasteiger partial charge >= 0.3 is 0 Å². The lowest BCUT2D eigenvalue weighted by molar-refractivity contribution is -0.118. The van der Waals surface area contributed by atoms with Crippen molar-refractivity contribution in [2.75, 3.05) is 4.90 Å². The zero-order chi connectivity index (χ0) is 20.1. The molecule has 1 aliphatic heterocycles. The first kappa shape index (κ1) is 19.1. The second-order valence-corrected chi connectivity index (χ2v) is 9.05. The third-order valence-corrected chi connectivity index (χ3v) is 5.99. The summed E-state index contributed by atoms with van der Waals surface area (Å²) in [5.41, 5.74) is 9.94. The molecule has 1 aliphatic carbocycles. The predicted molar refractivity (Wildman–Crippen MR) is 115 cm³/mol. The molecule has 0 saturated heterocycles. The Balaban J connectivity index is 1.92. The number of Topliss-reactive ketones (excluding diaryl/α,β-unsaturated/α-hetero) is 1. The van der Waals surface area contributed by atoms with Gasteiger partial charge in [-0.1, -0.05) is 55.2 Å². The number of rotatable bonds is 2. The first-order valence-electron chi connectivity index (χ1n) is 9.30. The SMILES string of the molecule is CC1(C)CC(=O)C2=C(C1)N(c1ccc(Cl)cc1)C(N)=CC2c1ccccc1Cl. The van der Waals surface area contributed by atoms with Gasteiger partial charge in [0.15, 0.2) is 5.78 Å². The zero-order valence-corrected chi connectivity index (χ0v) is 17.4. The summed E-state index contributed by atoms with van der Waals surface area (Å²) in [6, 6.07) is 15.2. The highest BCUT2D eigenvalue weighted by atomic mass is 35.5. The monoisotopic (exact) mass is 412 g/mol. The summed E-state index contributed by atoms with van der Waals surface area (Å²) in [4.78, 5) is 15.2. The average Bonchev–Trinajstić information content (AvgIpc) is 2.61. The Morgan fingerprint density at radius 1 is 1.04 bits per heavy atom. The number of halogens is 2. The Bertz CT molecular complexity index is 1010. The van der Waals surface area contributed by atoms with Crippen molar-refractivity contribution in [1.82, 2.24) is 0 Å². The fourth-order valence-corrected chi connectivity index (χ4v) is 4.59. The molecule has 0 amide bonds. The average molecular weight is 413 g/mol. The minimum Gasteiger partial charge on any atom is -0.385 e. The van der Waals surface area contributed by atoms with Crippen molar-refractivity contribution in [2.45, 2.75) is 32.6 Å². The van der Waals surface area contributed by atoms with Crippen LogP contribution in [0.15, 0.2) is 71.7 Å². The van der Waals surface area contributed by atoms with E-state index in [2.05, 4.69) is 13.8 Å². The minimum atomic E-state index is -0.240. The summed E-state index contributed by atoms with van der Waals surface area (Å²) in [6.07, 6.45) is 3.20. The van der Waals surface area contributed by atoms with E-state index in [0.717, 1.165) is 28.9 Å². The van der Waals surface area contributed by atoms with Crippen molar-refractivity contribution in [1.29, 1.82) is 0 Å². The first-order chi connectivity index (χ1) is 13.3. The van der Waals surface area contributed by atoms with E-state index < -0.39 is 0 Å². The van der Waals surface area contributed by atoms with Crippen LogP contribution in [0.5, 0.6) is 0 Å². The molecular weight excluding hydrogens is 391 g/mol. The third kappa shape index (κ3) is 3.34. The van der Waals surface area contributed by atoms with Crippen LogP contribution in [0.3, 0.4) is 0 Å². The number of nitrogens with zero attached hydrogens (tertiary/aromatic N) is 1. The van der Waals surface area contributed by atoms with Gasteiger partial charge in [0.1, 0.15) is 5.82 Å². The third-order valence-electron chi connectivity index (χ3n) is 5.40. The molecule has 144 valence electrons. The molecule has 0 aromatic heterocycles. The maximum atomic E-state index is 13.3. The molecule has 2 aromatic rings. The van der Waals surface area contributed by atoms with E-state index >= 15 is 0 Å². The van der Waals surface area contributed by atoms with Gasteiger partial charge in [-0.15, -0.1) is 0 Å². The van der Waals surface area contributed by atoms with Crippen LogP contribution in [0, 0.1) is 5.41 Å². The Labute approximate surface area is 175 Å². The van der Waals surface area contributed by atoms with Gasteiger partial charge in [-0.2, -0.15) is 0 Å². The molecule has 0 radical (unpaired) electrons. The van der Waals surface area contributed by atoms with Crippen LogP contribution in [0.4, 0.5) is 5.69 Å². The first-order valence-corrected chi connectivity index (χ1v) is 10.1. The molecule has 28 heavy (non-hydrogen) atoms. The molecular formula is C23H22Cl2N2O. The number of allylic oxidation sites excluding steroid dienone is 3. The highest BCUT2D eigenvalue weighted by Gasteiger charge is 2.41. The van der Waals surface area contributed by atoms with E-state index in [1.807, 2.05) is 59.5 Å². The second-order valence-electron chi connectivity index (χ2n) is 8.20. The maximum absolute atomic E-state index is 13.3. The molecule has 2 aromatic carbocycles. The molecule has 3 nitrogen and oxygen atoms in total. The van der Waals surface area contributed by atoms with Crippen molar-refractivity contribution >= 4 is 34.7 Å². The number of carbonyl (C=O) groups excluding carboxylic acids is 1. The van der Waals surface area contributed by atoms with E-state index in [1.54, 1.807) is 0 Å². The van der Waals surface area contributed by atoms with E-state index in [9.17, 15) is 4.79 Å². The summed E-state index contributed by atoms with van der Waals surface area (Å²) in [5, 5.41) is 1.30. The molecule has 1 atom stereocenters. The molecule has 2 N–H and O–H groups in total. The molecule has 4 rings (SSSR count). The summed E-state index contributed by atoms with van der Waals surface area (Å²) < 4.78 is 0. The normalized spacial score (nSPS) is 21.4. The van der Waals surface area contributed by atoms with Gasteiger partial charge < -0.3 is 10.6 Å². The van der Waals surface area contributed by atoms with Gasteiger partial charge in [-0.05, 0) is 53.8 Å². The molecule has 0 bridgehead atoms. The van der Waals surface area contributed by atoms with E-state index in [0.29, 0.717) is 22.3 Å². The Morgan fingerprint density at radius 2 is 1.71 bits per heavy atom. The van der Waals surface area contributed by atoms with Crippen LogP contribution in [-0.4, -0.2) is 5.78 Å². The van der Waals surface area contributed by atoms with E-state index in [1.165, 1.54) is 0 Å². The molecule has 0 fully saturated rings. The number of hydrogen-bond donors (Lipinski definition) is 1. The topological polar surface area (TPSA) is 46.3 Å². The standard InChI is InChI=1S/C23H22Cl2N2O/c1-23(2)12-19-22(20(28)13-23)17(16-5-3-4-6-18(16)25)11-21(26)27(19)15-9-7-14(24)8-10-15/h3-11,17H,12-13,26H2,1-2H3. The van der Waals surface area contributed by atoms with Crippen molar-refractivity contribution in [2.24, 2.45) is 11.1 Å². The fraction of sp³-hybridized carbons (Fsp3) is 0.261. The number of hydrogen-bond acceptors (Lipinski definition) is 3. The van der Waals surface area contributed by atoms with Crippen molar-refractivity contribution in [3.63, 3.8) is 0 Å². The molecule has 1 heterocycles. The van der Waals surface area contributed by atoms with Gasteiger partial charge in [0, 0.05) is 39.3 Å². The van der Waals surface area contributed by atoms with Crippen molar-refractivity contribution in [3.8, 4) is 0 Å². The van der Waals surface area contributed by atoms with Crippen molar-refractivity contribution < 1.29 is 4.79 Å². The van der Waals surface area contributed by atoms with Crippen LogP contribution in [0.2, 0.25) is 10.0 Å². The smallest absolute Gasteiger partial charge is 0.162 e. The number of carbonyl (C=O) groups is 1. The van der Waals surface area contributed by atoms with E-state index in [-0.39, 0.29) is 17.1 Å². The summed E-state index contributed by atoms with van der Waals surface area (Å²) in [6.45, 7) is 4.24. The van der Waals surface area contributed by atoms with Gasteiger partial charge in [0.05, 0.1) is 0 Å². The van der Waals surface area contributed by atoms with Crippen LogP contribution in [0.1, 0.15) is 38.2 Å². The highest BCUT2D eigenvalue weighted by Crippen LogP contribution is 2.48. The highest BCUT2D eigenvalue weighted by molar-refractivity contribution is 6.31. The zero-order valence-electron chi connectivity index (χ0n) is 15.9. The van der Waals surface area contributed by atoms with Crippen LogP contribution in [-0.2, 0) is 4.79 Å². The molecule has 0 saturated carbocycles. The van der Waals surface area contributed by atoms with Gasteiger partial charge in [0.25, 0.3) is 0 Å². The molecule has 0 spiro atoms. The lowest BCUT2D eigenvalue weighted by Crippen LogP contribution is -2.40. The minimum absolute atomic E-state index is 0.136. The molecule has 5 heteroatoms. The lowest BCUT2D eigenvalue weighted by atomic mass is 9.70. The summed E-state index contributed by atoms with van der Waals surface area (Å²) >= 11 is 12.5. The van der Waals surface area contributed by atoms with Gasteiger partial charge in [-0.3, -0.25) is 4.79 Å².